The predicted octanol–water partition coefficient (Wildman–Crippen LogP) is 2.75. The van der Waals surface area contributed by atoms with Crippen LogP contribution in [0.5, 0.6) is 0 Å². The number of pyridine rings is 1. The summed E-state index contributed by atoms with van der Waals surface area (Å²) in [6.45, 7) is 10.9. The Labute approximate surface area is 99.8 Å². The van der Waals surface area contributed by atoms with Crippen LogP contribution in [0.1, 0.15) is 32.6 Å². The molecule has 1 heterocycles. The molecule has 0 saturated heterocycles. The second-order valence-corrected chi connectivity index (χ2v) is 7.82. The van der Waals surface area contributed by atoms with Crippen molar-refractivity contribution in [1.29, 1.82) is 0 Å². The summed E-state index contributed by atoms with van der Waals surface area (Å²) in [7, 11) is -1.08. The number of nitrogen functional groups attached to an aromatic ring is 1. The molecule has 1 rings (SSSR count). The molecular formula is C12H22N2OSi. The molecule has 1 atom stereocenters. The zero-order valence-electron chi connectivity index (χ0n) is 10.8. The van der Waals surface area contributed by atoms with E-state index in [0.29, 0.717) is 5.69 Å². The highest BCUT2D eigenvalue weighted by molar-refractivity contribution is 6.48. The number of anilines is 1. The van der Waals surface area contributed by atoms with Crippen LogP contribution in [-0.4, -0.2) is 14.0 Å². The molecule has 0 aliphatic rings. The number of hydrogen-bond donors (Lipinski definition) is 1. The third-order valence-electron chi connectivity index (χ3n) is 2.27. The first kappa shape index (κ1) is 13.2. The lowest BCUT2D eigenvalue weighted by Crippen LogP contribution is -2.26. The van der Waals surface area contributed by atoms with Crippen molar-refractivity contribution in [1.82, 2.24) is 4.98 Å². The van der Waals surface area contributed by atoms with Crippen molar-refractivity contribution in [3.05, 3.63) is 24.0 Å². The Hall–Kier alpha value is -0.873. The molecule has 0 aliphatic heterocycles. The molecule has 0 fully saturated rings. The Kier molecular flexibility index (Phi) is 4.10. The maximum Gasteiger partial charge on any atom is 0.171 e. The molecule has 0 saturated carbocycles. The zero-order chi connectivity index (χ0) is 12.3. The van der Waals surface area contributed by atoms with Crippen LogP contribution in [0.2, 0.25) is 13.1 Å². The van der Waals surface area contributed by atoms with E-state index in [1.54, 1.807) is 6.20 Å². The molecule has 1 aromatic heterocycles. The van der Waals surface area contributed by atoms with Crippen LogP contribution in [0.15, 0.2) is 18.3 Å². The fourth-order valence-electron chi connectivity index (χ4n) is 1.56. The van der Waals surface area contributed by atoms with Crippen molar-refractivity contribution in [2.24, 2.45) is 5.41 Å². The van der Waals surface area contributed by atoms with Crippen molar-refractivity contribution in [3.8, 4) is 0 Å². The quantitative estimate of drug-likeness (QED) is 0.824. The lowest BCUT2D eigenvalue weighted by atomic mass is 9.87. The topological polar surface area (TPSA) is 48.1 Å². The van der Waals surface area contributed by atoms with Gasteiger partial charge in [0, 0.05) is 0 Å². The summed E-state index contributed by atoms with van der Waals surface area (Å²) in [5.41, 5.74) is 7.37. The molecule has 0 spiro atoms. The normalized spacial score (nSPS) is 14.1. The molecule has 16 heavy (non-hydrogen) atoms. The lowest BCUT2D eigenvalue weighted by molar-refractivity contribution is 0.0827. The van der Waals surface area contributed by atoms with Crippen LogP contribution in [0.4, 0.5) is 5.69 Å². The minimum atomic E-state index is -1.08. The summed E-state index contributed by atoms with van der Waals surface area (Å²) >= 11 is 0. The van der Waals surface area contributed by atoms with E-state index in [1.807, 2.05) is 12.1 Å². The molecule has 0 aliphatic carbocycles. The van der Waals surface area contributed by atoms with E-state index in [1.165, 1.54) is 0 Å². The maximum atomic E-state index is 6.08. The highest BCUT2D eigenvalue weighted by atomic mass is 28.3. The molecule has 0 amide bonds. The molecule has 90 valence electrons. The van der Waals surface area contributed by atoms with Gasteiger partial charge in [-0.05, 0) is 30.6 Å². The van der Waals surface area contributed by atoms with Gasteiger partial charge in [0.25, 0.3) is 0 Å². The second-order valence-electron chi connectivity index (χ2n) is 5.45. The summed E-state index contributed by atoms with van der Waals surface area (Å²) in [5.74, 6) is 0. The van der Waals surface area contributed by atoms with Gasteiger partial charge in [0.15, 0.2) is 9.04 Å². The average Bonchev–Trinajstić information content (AvgIpc) is 2.14. The molecule has 1 unspecified atom stereocenters. The van der Waals surface area contributed by atoms with Crippen molar-refractivity contribution in [2.75, 3.05) is 5.73 Å². The van der Waals surface area contributed by atoms with Gasteiger partial charge in [0.1, 0.15) is 0 Å². The first-order valence-electron chi connectivity index (χ1n) is 5.67. The van der Waals surface area contributed by atoms with Crippen LogP contribution in [0.25, 0.3) is 0 Å². The highest BCUT2D eigenvalue weighted by Gasteiger charge is 2.28. The van der Waals surface area contributed by atoms with Crippen molar-refractivity contribution in [3.63, 3.8) is 0 Å². The minimum Gasteiger partial charge on any atom is -0.412 e. The second kappa shape index (κ2) is 4.97. The first-order chi connectivity index (χ1) is 7.30. The number of nitrogens with two attached hydrogens (primary N) is 1. The Morgan fingerprint density at radius 1 is 1.31 bits per heavy atom. The van der Waals surface area contributed by atoms with Gasteiger partial charge in [-0.1, -0.05) is 20.8 Å². The fourth-order valence-corrected chi connectivity index (χ4v) is 2.65. The van der Waals surface area contributed by atoms with E-state index in [-0.39, 0.29) is 11.5 Å². The first-order valence-corrected chi connectivity index (χ1v) is 8.45. The van der Waals surface area contributed by atoms with Crippen LogP contribution in [0.3, 0.4) is 0 Å². The van der Waals surface area contributed by atoms with Gasteiger partial charge in [0.2, 0.25) is 0 Å². The smallest absolute Gasteiger partial charge is 0.171 e. The predicted molar refractivity (Wildman–Crippen MR) is 70.8 cm³/mol. The summed E-state index contributed by atoms with van der Waals surface area (Å²) < 4.78 is 6.08. The Bertz CT molecular complexity index is 330. The van der Waals surface area contributed by atoms with E-state index in [2.05, 4.69) is 38.8 Å². The largest absolute Gasteiger partial charge is 0.412 e. The fraction of sp³-hybridized carbons (Fsp3) is 0.583. The van der Waals surface area contributed by atoms with Gasteiger partial charge in [-0.15, -0.1) is 0 Å². The number of nitrogens with zero attached hydrogens (tertiary/aromatic N) is 1. The average molecular weight is 238 g/mol. The molecule has 2 N–H and O–H groups in total. The monoisotopic (exact) mass is 238 g/mol. The Morgan fingerprint density at radius 3 is 2.31 bits per heavy atom. The van der Waals surface area contributed by atoms with E-state index >= 15 is 0 Å². The van der Waals surface area contributed by atoms with Crippen LogP contribution < -0.4 is 5.73 Å². The van der Waals surface area contributed by atoms with E-state index in [9.17, 15) is 0 Å². The van der Waals surface area contributed by atoms with Crippen LogP contribution in [-0.2, 0) is 4.43 Å². The van der Waals surface area contributed by atoms with Gasteiger partial charge >= 0.3 is 0 Å². The van der Waals surface area contributed by atoms with Crippen LogP contribution >= 0.6 is 0 Å². The number of aromatic nitrogens is 1. The van der Waals surface area contributed by atoms with Gasteiger partial charge in [0.05, 0.1) is 23.7 Å². The van der Waals surface area contributed by atoms with Crippen molar-refractivity contribution in [2.45, 2.75) is 40.0 Å². The van der Waals surface area contributed by atoms with E-state index < -0.39 is 9.04 Å². The molecule has 3 nitrogen and oxygen atoms in total. The molecular weight excluding hydrogens is 216 g/mol. The standard InChI is InChI=1S/C12H22N2OSi/c1-12(2,3)11(15-16(4)5)10-7-6-9(13)8-14-10/h6-8,11,16H,13H2,1-5H3. The minimum absolute atomic E-state index is 0.0553. The maximum absolute atomic E-state index is 6.08. The van der Waals surface area contributed by atoms with Gasteiger partial charge in [-0.2, -0.15) is 0 Å². The van der Waals surface area contributed by atoms with E-state index in [4.69, 9.17) is 10.2 Å². The Balaban J connectivity index is 2.97. The van der Waals surface area contributed by atoms with Crippen molar-refractivity contribution >= 4 is 14.7 Å². The number of rotatable bonds is 3. The number of hydrogen-bond acceptors (Lipinski definition) is 3. The van der Waals surface area contributed by atoms with Crippen molar-refractivity contribution < 1.29 is 4.43 Å². The zero-order valence-corrected chi connectivity index (χ0v) is 12.0. The summed E-state index contributed by atoms with van der Waals surface area (Å²) in [4.78, 5) is 4.37. The SMILES string of the molecule is C[SiH](C)OC(c1ccc(N)cn1)C(C)(C)C. The summed E-state index contributed by atoms with van der Waals surface area (Å²) in [5, 5.41) is 0. The summed E-state index contributed by atoms with van der Waals surface area (Å²) in [6, 6.07) is 3.84. The highest BCUT2D eigenvalue weighted by Crippen LogP contribution is 2.35. The van der Waals surface area contributed by atoms with E-state index in [0.717, 1.165) is 5.69 Å². The molecule has 1 aromatic rings. The van der Waals surface area contributed by atoms with Gasteiger partial charge in [-0.25, -0.2) is 0 Å². The molecule has 0 bridgehead atoms. The van der Waals surface area contributed by atoms with Crippen LogP contribution in [0, 0.1) is 5.41 Å². The van der Waals surface area contributed by atoms with Gasteiger partial charge < -0.3 is 10.2 Å². The lowest BCUT2D eigenvalue weighted by Gasteiger charge is -2.32. The molecule has 0 aromatic carbocycles. The Morgan fingerprint density at radius 2 is 1.94 bits per heavy atom. The third kappa shape index (κ3) is 3.61. The summed E-state index contributed by atoms with van der Waals surface area (Å²) in [6.07, 6.45) is 1.75. The van der Waals surface area contributed by atoms with Gasteiger partial charge in [-0.3, -0.25) is 4.98 Å². The molecule has 0 radical (unpaired) electrons. The third-order valence-corrected chi connectivity index (χ3v) is 3.09. The molecule has 4 heteroatoms.